The molecule has 0 saturated carbocycles. The average molecular weight is 309 g/mol. The normalized spacial score (nSPS) is 10.9. The topological polar surface area (TPSA) is 84.9 Å². The molecule has 6 heteroatoms. The lowest BCUT2D eigenvalue weighted by Gasteiger charge is -2.19. The van der Waals surface area contributed by atoms with Crippen LogP contribution in [-0.4, -0.2) is 36.4 Å². The molecule has 0 aromatic heterocycles. The molecule has 6 nitrogen and oxygen atoms in total. The number of carboxylic acid groups (broad SMARTS) is 1. The molecule has 22 heavy (non-hydrogen) atoms. The van der Waals surface area contributed by atoms with Gasteiger partial charge in [-0.2, -0.15) is 0 Å². The van der Waals surface area contributed by atoms with Gasteiger partial charge in [0.2, 0.25) is 0 Å². The van der Waals surface area contributed by atoms with Crippen LogP contribution in [0.1, 0.15) is 43.1 Å². The standard InChI is InChI=1S/C16H23NO5/c1-16(2,3)22-15(20)17-9-5-6-11-7-8-13(21-4)12(10-11)14(18)19/h7-8,10H,5-6,9H2,1-4H3,(H,17,20)(H,18,19). The molecule has 1 amide bonds. The van der Waals surface area contributed by atoms with Gasteiger partial charge in [-0.25, -0.2) is 9.59 Å². The number of amides is 1. The first-order valence-electron chi connectivity index (χ1n) is 7.10. The highest BCUT2D eigenvalue weighted by atomic mass is 16.6. The number of alkyl carbamates (subject to hydrolysis) is 1. The average Bonchev–Trinajstić information content (AvgIpc) is 2.41. The molecule has 0 fully saturated rings. The maximum atomic E-state index is 11.5. The molecule has 0 bridgehead atoms. The van der Waals surface area contributed by atoms with Crippen molar-refractivity contribution in [3.8, 4) is 5.75 Å². The van der Waals surface area contributed by atoms with E-state index in [9.17, 15) is 9.59 Å². The van der Waals surface area contributed by atoms with Crippen molar-refractivity contribution < 1.29 is 24.2 Å². The summed E-state index contributed by atoms with van der Waals surface area (Å²) < 4.78 is 10.1. The summed E-state index contributed by atoms with van der Waals surface area (Å²) in [5, 5.41) is 11.8. The van der Waals surface area contributed by atoms with Crippen LogP contribution in [0.4, 0.5) is 4.79 Å². The van der Waals surface area contributed by atoms with E-state index < -0.39 is 17.7 Å². The highest BCUT2D eigenvalue weighted by molar-refractivity contribution is 5.91. The predicted octanol–water partition coefficient (Wildman–Crippen LogP) is 2.85. The van der Waals surface area contributed by atoms with Crippen LogP contribution in [0.3, 0.4) is 0 Å². The first-order valence-corrected chi connectivity index (χ1v) is 7.10. The van der Waals surface area contributed by atoms with E-state index in [0.29, 0.717) is 25.1 Å². The first-order chi connectivity index (χ1) is 10.2. The van der Waals surface area contributed by atoms with Gasteiger partial charge in [-0.1, -0.05) is 6.07 Å². The summed E-state index contributed by atoms with van der Waals surface area (Å²) in [6.07, 6.45) is 0.887. The number of carbonyl (C=O) groups is 2. The van der Waals surface area contributed by atoms with E-state index in [0.717, 1.165) is 5.56 Å². The molecule has 1 aromatic rings. The van der Waals surface area contributed by atoms with Crippen molar-refractivity contribution in [2.24, 2.45) is 0 Å². The van der Waals surface area contributed by atoms with Crippen molar-refractivity contribution in [2.75, 3.05) is 13.7 Å². The fraction of sp³-hybridized carbons (Fsp3) is 0.500. The number of ether oxygens (including phenoxy) is 2. The van der Waals surface area contributed by atoms with Gasteiger partial charge in [0.05, 0.1) is 7.11 Å². The van der Waals surface area contributed by atoms with Crippen LogP contribution in [-0.2, 0) is 11.2 Å². The Bertz CT molecular complexity index is 534. The third kappa shape index (κ3) is 6.03. The van der Waals surface area contributed by atoms with Crippen LogP contribution in [0.5, 0.6) is 5.75 Å². The third-order valence-electron chi connectivity index (χ3n) is 2.80. The van der Waals surface area contributed by atoms with Gasteiger partial charge in [-0.05, 0) is 51.3 Å². The number of rotatable bonds is 6. The molecule has 0 heterocycles. The largest absolute Gasteiger partial charge is 0.496 e. The summed E-state index contributed by atoms with van der Waals surface area (Å²) in [7, 11) is 1.44. The molecular weight excluding hydrogens is 286 g/mol. The van der Waals surface area contributed by atoms with E-state index in [2.05, 4.69) is 5.32 Å². The summed E-state index contributed by atoms with van der Waals surface area (Å²) in [6, 6.07) is 5.05. The monoisotopic (exact) mass is 309 g/mol. The van der Waals surface area contributed by atoms with Gasteiger partial charge in [-0.15, -0.1) is 0 Å². The zero-order valence-electron chi connectivity index (χ0n) is 13.4. The van der Waals surface area contributed by atoms with Gasteiger partial charge in [-0.3, -0.25) is 0 Å². The Morgan fingerprint density at radius 2 is 1.95 bits per heavy atom. The van der Waals surface area contributed by atoms with Crippen molar-refractivity contribution in [1.29, 1.82) is 0 Å². The second-order valence-electron chi connectivity index (χ2n) is 5.87. The number of aryl methyl sites for hydroxylation is 1. The van der Waals surface area contributed by atoms with Crippen LogP contribution in [0, 0.1) is 0 Å². The summed E-state index contributed by atoms with van der Waals surface area (Å²) in [4.78, 5) is 22.6. The molecule has 0 radical (unpaired) electrons. The Labute approximate surface area is 130 Å². The predicted molar refractivity (Wildman–Crippen MR) is 82.5 cm³/mol. The molecule has 0 spiro atoms. The molecule has 0 unspecified atom stereocenters. The SMILES string of the molecule is COc1ccc(CCCNC(=O)OC(C)(C)C)cc1C(=O)O. The maximum absolute atomic E-state index is 11.5. The molecule has 0 saturated heterocycles. The fourth-order valence-electron chi connectivity index (χ4n) is 1.87. The minimum atomic E-state index is -1.02. The van der Waals surface area contributed by atoms with Crippen LogP contribution in [0.15, 0.2) is 18.2 Å². The van der Waals surface area contributed by atoms with Crippen molar-refractivity contribution in [3.05, 3.63) is 29.3 Å². The molecule has 1 aromatic carbocycles. The number of methoxy groups -OCH3 is 1. The number of benzene rings is 1. The zero-order chi connectivity index (χ0) is 16.8. The molecule has 2 N–H and O–H groups in total. The van der Waals surface area contributed by atoms with Gasteiger partial charge >= 0.3 is 12.1 Å². The van der Waals surface area contributed by atoms with Crippen molar-refractivity contribution in [3.63, 3.8) is 0 Å². The highest BCUT2D eigenvalue weighted by Crippen LogP contribution is 2.20. The van der Waals surface area contributed by atoms with E-state index in [1.165, 1.54) is 7.11 Å². The Morgan fingerprint density at radius 1 is 1.27 bits per heavy atom. The summed E-state index contributed by atoms with van der Waals surface area (Å²) in [5.41, 5.74) is 0.500. The second kappa shape index (κ2) is 7.68. The Kier molecular flexibility index (Phi) is 6.22. The smallest absolute Gasteiger partial charge is 0.407 e. The van der Waals surface area contributed by atoms with Crippen LogP contribution < -0.4 is 10.1 Å². The van der Waals surface area contributed by atoms with E-state index in [1.54, 1.807) is 32.9 Å². The Balaban J connectivity index is 2.47. The highest BCUT2D eigenvalue weighted by Gasteiger charge is 2.15. The number of hydrogen-bond donors (Lipinski definition) is 2. The molecule has 122 valence electrons. The fourth-order valence-corrected chi connectivity index (χ4v) is 1.87. The number of aromatic carboxylic acids is 1. The quantitative estimate of drug-likeness (QED) is 0.789. The van der Waals surface area contributed by atoms with Crippen LogP contribution in [0.25, 0.3) is 0 Å². The van der Waals surface area contributed by atoms with Crippen molar-refractivity contribution in [1.82, 2.24) is 5.32 Å². The van der Waals surface area contributed by atoms with Gasteiger partial charge in [0.15, 0.2) is 0 Å². The van der Waals surface area contributed by atoms with E-state index in [4.69, 9.17) is 14.6 Å². The number of carbonyl (C=O) groups excluding carboxylic acids is 1. The first kappa shape index (κ1) is 17.8. The lowest BCUT2D eigenvalue weighted by Crippen LogP contribution is -2.33. The minimum Gasteiger partial charge on any atom is -0.496 e. The van der Waals surface area contributed by atoms with Gasteiger partial charge in [0, 0.05) is 6.54 Å². The second-order valence-corrected chi connectivity index (χ2v) is 5.87. The molecule has 0 atom stereocenters. The Hall–Kier alpha value is -2.24. The molecule has 0 aliphatic heterocycles. The summed E-state index contributed by atoms with van der Waals surface area (Å²) in [6.45, 7) is 5.87. The lowest BCUT2D eigenvalue weighted by atomic mass is 10.1. The summed E-state index contributed by atoms with van der Waals surface area (Å²) >= 11 is 0. The maximum Gasteiger partial charge on any atom is 0.407 e. The number of hydrogen-bond acceptors (Lipinski definition) is 4. The molecule has 0 aliphatic carbocycles. The van der Waals surface area contributed by atoms with E-state index >= 15 is 0 Å². The lowest BCUT2D eigenvalue weighted by molar-refractivity contribution is 0.0526. The molecule has 0 aliphatic rings. The van der Waals surface area contributed by atoms with E-state index in [1.807, 2.05) is 6.07 Å². The van der Waals surface area contributed by atoms with Crippen molar-refractivity contribution >= 4 is 12.1 Å². The van der Waals surface area contributed by atoms with Crippen LogP contribution in [0.2, 0.25) is 0 Å². The number of nitrogens with one attached hydrogen (secondary N) is 1. The van der Waals surface area contributed by atoms with Crippen LogP contribution >= 0.6 is 0 Å². The van der Waals surface area contributed by atoms with Gasteiger partial charge in [0.25, 0.3) is 0 Å². The minimum absolute atomic E-state index is 0.139. The zero-order valence-corrected chi connectivity index (χ0v) is 13.4. The van der Waals surface area contributed by atoms with E-state index in [-0.39, 0.29) is 5.56 Å². The Morgan fingerprint density at radius 3 is 2.50 bits per heavy atom. The molecule has 1 rings (SSSR count). The summed E-state index contributed by atoms with van der Waals surface area (Å²) in [5.74, 6) is -0.686. The molecular formula is C16H23NO5. The third-order valence-corrected chi connectivity index (χ3v) is 2.80. The van der Waals surface area contributed by atoms with Crippen molar-refractivity contribution in [2.45, 2.75) is 39.2 Å². The number of carboxylic acids is 1. The van der Waals surface area contributed by atoms with Gasteiger partial charge in [0.1, 0.15) is 16.9 Å². The van der Waals surface area contributed by atoms with Gasteiger partial charge < -0.3 is 19.9 Å².